The predicted molar refractivity (Wildman–Crippen MR) is 139 cm³/mol. The Kier molecular flexibility index (Phi) is 7.63. The molecular weight excluding hydrogens is 474 g/mol. The second kappa shape index (κ2) is 11.2. The standard InChI is InChI=1S/C28H25N3O6/c1-18-23(27(33)31(30-18)22-11-9-21(10-12-22)28(34)35)14-20-8-13-24(25(15-20)36-2)37-17-26(32)29-16-19-6-4-3-5-7-19/h3-15H,16-17H2,1-2H3,(H,29,32)(H,34,35)/b23-14-. The minimum atomic E-state index is -1.05. The number of rotatable bonds is 9. The number of benzene rings is 3. The van der Waals surface area contributed by atoms with Crippen molar-refractivity contribution in [2.45, 2.75) is 13.5 Å². The maximum atomic E-state index is 13.0. The van der Waals surface area contributed by atoms with Crippen LogP contribution in [0.3, 0.4) is 0 Å². The fourth-order valence-corrected chi connectivity index (χ4v) is 3.66. The molecular formula is C28H25N3O6. The number of hydrazone groups is 1. The summed E-state index contributed by atoms with van der Waals surface area (Å²) in [7, 11) is 1.49. The van der Waals surface area contributed by atoms with E-state index in [-0.39, 0.29) is 24.0 Å². The van der Waals surface area contributed by atoms with Gasteiger partial charge in [-0.05, 0) is 60.5 Å². The Labute approximate surface area is 213 Å². The van der Waals surface area contributed by atoms with Crippen LogP contribution in [0.4, 0.5) is 5.69 Å². The van der Waals surface area contributed by atoms with Gasteiger partial charge in [0.05, 0.1) is 29.6 Å². The van der Waals surface area contributed by atoms with Gasteiger partial charge in [0.15, 0.2) is 18.1 Å². The largest absolute Gasteiger partial charge is 0.493 e. The second-order valence-corrected chi connectivity index (χ2v) is 8.17. The van der Waals surface area contributed by atoms with E-state index in [1.54, 1.807) is 31.2 Å². The van der Waals surface area contributed by atoms with E-state index >= 15 is 0 Å². The summed E-state index contributed by atoms with van der Waals surface area (Å²) in [5.41, 5.74) is 3.15. The van der Waals surface area contributed by atoms with Crippen molar-refractivity contribution in [3.63, 3.8) is 0 Å². The fraction of sp³-hybridized carbons (Fsp3) is 0.143. The molecule has 0 saturated heterocycles. The van der Waals surface area contributed by atoms with Gasteiger partial charge in [0, 0.05) is 6.54 Å². The Morgan fingerprint density at radius 1 is 1.03 bits per heavy atom. The maximum Gasteiger partial charge on any atom is 0.335 e. The van der Waals surface area contributed by atoms with E-state index in [9.17, 15) is 14.4 Å². The number of carboxylic acids is 1. The molecule has 0 bridgehead atoms. The van der Waals surface area contributed by atoms with Gasteiger partial charge >= 0.3 is 5.97 Å². The molecule has 0 aliphatic carbocycles. The quantitative estimate of drug-likeness (QED) is 0.432. The van der Waals surface area contributed by atoms with Crippen molar-refractivity contribution >= 4 is 35.3 Å². The summed E-state index contributed by atoms with van der Waals surface area (Å²) in [4.78, 5) is 36.3. The Morgan fingerprint density at radius 3 is 2.43 bits per heavy atom. The third kappa shape index (κ3) is 6.02. The van der Waals surface area contributed by atoms with Gasteiger partial charge in [-0.1, -0.05) is 36.4 Å². The van der Waals surface area contributed by atoms with Crippen LogP contribution in [-0.4, -0.2) is 42.3 Å². The molecule has 0 fully saturated rings. The molecule has 188 valence electrons. The average molecular weight is 500 g/mol. The molecule has 2 amide bonds. The second-order valence-electron chi connectivity index (χ2n) is 8.17. The number of nitrogens with one attached hydrogen (secondary N) is 1. The number of carbonyl (C=O) groups excluding carboxylic acids is 2. The lowest BCUT2D eigenvalue weighted by Crippen LogP contribution is -2.28. The Morgan fingerprint density at radius 2 is 1.76 bits per heavy atom. The fourth-order valence-electron chi connectivity index (χ4n) is 3.66. The summed E-state index contributed by atoms with van der Waals surface area (Å²) in [6.07, 6.45) is 1.69. The SMILES string of the molecule is COc1cc(/C=C2\C(=O)N(c3ccc(C(=O)O)cc3)N=C2C)ccc1OCC(=O)NCc1ccccc1. The highest BCUT2D eigenvalue weighted by atomic mass is 16.5. The third-order valence-electron chi connectivity index (χ3n) is 5.61. The van der Waals surface area contributed by atoms with Gasteiger partial charge in [0.25, 0.3) is 11.8 Å². The summed E-state index contributed by atoms with van der Waals surface area (Å²) in [5.74, 6) is -0.852. The zero-order valence-corrected chi connectivity index (χ0v) is 20.3. The molecule has 9 heteroatoms. The minimum absolute atomic E-state index is 0.120. The smallest absolute Gasteiger partial charge is 0.335 e. The zero-order valence-electron chi connectivity index (χ0n) is 20.3. The van der Waals surface area contributed by atoms with Crippen molar-refractivity contribution < 1.29 is 29.0 Å². The van der Waals surface area contributed by atoms with Gasteiger partial charge in [-0.15, -0.1) is 0 Å². The molecule has 0 atom stereocenters. The molecule has 0 spiro atoms. The molecule has 0 radical (unpaired) electrons. The van der Waals surface area contributed by atoms with Gasteiger partial charge < -0.3 is 19.9 Å². The first kappa shape index (κ1) is 25.2. The molecule has 0 unspecified atom stereocenters. The highest BCUT2D eigenvalue weighted by Gasteiger charge is 2.29. The molecule has 4 rings (SSSR count). The van der Waals surface area contributed by atoms with E-state index in [0.29, 0.717) is 40.6 Å². The number of amides is 2. The van der Waals surface area contributed by atoms with Crippen molar-refractivity contribution in [3.05, 3.63) is 95.1 Å². The Bertz CT molecular complexity index is 1380. The van der Waals surface area contributed by atoms with Gasteiger partial charge in [-0.25, -0.2) is 4.79 Å². The van der Waals surface area contributed by atoms with Crippen LogP contribution >= 0.6 is 0 Å². The first-order valence-electron chi connectivity index (χ1n) is 11.4. The number of hydrogen-bond donors (Lipinski definition) is 2. The highest BCUT2D eigenvalue weighted by Crippen LogP contribution is 2.30. The van der Waals surface area contributed by atoms with Crippen LogP contribution in [0.2, 0.25) is 0 Å². The van der Waals surface area contributed by atoms with Gasteiger partial charge in [0.2, 0.25) is 0 Å². The van der Waals surface area contributed by atoms with Crippen LogP contribution in [0.25, 0.3) is 6.08 Å². The van der Waals surface area contributed by atoms with Crippen LogP contribution < -0.4 is 19.8 Å². The van der Waals surface area contributed by atoms with Crippen LogP contribution in [0.5, 0.6) is 11.5 Å². The summed E-state index contributed by atoms with van der Waals surface area (Å²) >= 11 is 0. The molecule has 3 aromatic rings. The first-order chi connectivity index (χ1) is 17.9. The summed E-state index contributed by atoms with van der Waals surface area (Å²) in [5, 5.41) is 17.4. The number of methoxy groups -OCH3 is 1. The molecule has 0 aromatic heterocycles. The molecule has 2 N–H and O–H groups in total. The molecule has 0 saturated carbocycles. The van der Waals surface area contributed by atoms with Crippen molar-refractivity contribution in [3.8, 4) is 11.5 Å². The van der Waals surface area contributed by atoms with E-state index in [1.165, 1.54) is 36.4 Å². The third-order valence-corrected chi connectivity index (χ3v) is 5.61. The van der Waals surface area contributed by atoms with Crippen LogP contribution in [0.1, 0.15) is 28.4 Å². The zero-order chi connectivity index (χ0) is 26.4. The first-order valence-corrected chi connectivity index (χ1v) is 11.4. The lowest BCUT2D eigenvalue weighted by molar-refractivity contribution is -0.123. The Hall–Kier alpha value is -4.92. The van der Waals surface area contributed by atoms with Gasteiger partial charge in [-0.2, -0.15) is 10.1 Å². The summed E-state index contributed by atoms with van der Waals surface area (Å²) < 4.78 is 11.1. The summed E-state index contributed by atoms with van der Waals surface area (Å²) in [6.45, 7) is 1.95. The summed E-state index contributed by atoms with van der Waals surface area (Å²) in [6, 6.07) is 20.6. The van der Waals surface area contributed by atoms with Crippen LogP contribution in [0, 0.1) is 0 Å². The number of aromatic carboxylic acids is 1. The number of carboxylic acid groups (broad SMARTS) is 1. The lowest BCUT2D eigenvalue weighted by Gasteiger charge is -2.12. The molecule has 3 aromatic carbocycles. The molecule has 9 nitrogen and oxygen atoms in total. The predicted octanol–water partition coefficient (Wildman–Crippen LogP) is 3.89. The van der Waals surface area contributed by atoms with E-state index in [1.807, 2.05) is 30.3 Å². The van der Waals surface area contributed by atoms with Gasteiger partial charge in [0.1, 0.15) is 0 Å². The number of anilines is 1. The van der Waals surface area contributed by atoms with Crippen molar-refractivity contribution in [1.29, 1.82) is 0 Å². The van der Waals surface area contributed by atoms with Crippen LogP contribution in [-0.2, 0) is 16.1 Å². The van der Waals surface area contributed by atoms with E-state index < -0.39 is 5.97 Å². The molecule has 1 aliphatic rings. The number of hydrogen-bond acceptors (Lipinski definition) is 6. The monoisotopic (exact) mass is 499 g/mol. The molecule has 1 heterocycles. The minimum Gasteiger partial charge on any atom is -0.493 e. The van der Waals surface area contributed by atoms with E-state index in [0.717, 1.165) is 5.56 Å². The van der Waals surface area contributed by atoms with Crippen molar-refractivity contribution in [1.82, 2.24) is 5.32 Å². The van der Waals surface area contributed by atoms with Crippen LogP contribution in [0.15, 0.2) is 83.5 Å². The average Bonchev–Trinajstić information content (AvgIpc) is 3.20. The van der Waals surface area contributed by atoms with Gasteiger partial charge in [-0.3, -0.25) is 9.59 Å². The number of carbonyl (C=O) groups is 3. The Balaban J connectivity index is 1.42. The topological polar surface area (TPSA) is 118 Å². The maximum absolute atomic E-state index is 13.0. The number of ether oxygens (including phenoxy) is 2. The normalized spacial score (nSPS) is 13.9. The lowest BCUT2D eigenvalue weighted by atomic mass is 10.1. The van der Waals surface area contributed by atoms with Crippen molar-refractivity contribution in [2.75, 3.05) is 18.7 Å². The van der Waals surface area contributed by atoms with Crippen molar-refractivity contribution in [2.24, 2.45) is 5.10 Å². The molecule has 1 aliphatic heterocycles. The van der Waals surface area contributed by atoms with E-state index in [2.05, 4.69) is 10.4 Å². The number of nitrogens with zero attached hydrogens (tertiary/aromatic N) is 2. The van der Waals surface area contributed by atoms with E-state index in [4.69, 9.17) is 14.6 Å². The highest BCUT2D eigenvalue weighted by molar-refractivity contribution is 6.32. The molecule has 37 heavy (non-hydrogen) atoms.